The number of nitrogens with one attached hydrogen (secondary N) is 1. The summed E-state index contributed by atoms with van der Waals surface area (Å²) in [7, 11) is 1.17. The first-order valence-electron chi connectivity index (χ1n) is 3.79. The fourth-order valence-electron chi connectivity index (χ4n) is 0.643. The molecular weight excluding hydrogens is 192 g/mol. The number of rotatable bonds is 5. The number of methoxy groups -OCH3 is 1. The fourth-order valence-corrected chi connectivity index (χ4v) is 0.643. The van der Waals surface area contributed by atoms with Gasteiger partial charge in [-0.2, -0.15) is 0 Å². The molecule has 0 rings (SSSR count). The van der Waals surface area contributed by atoms with Gasteiger partial charge in [-0.1, -0.05) is 0 Å². The molecule has 80 valence electrons. The van der Waals surface area contributed by atoms with Crippen LogP contribution in [0.3, 0.4) is 0 Å². The highest BCUT2D eigenvalue weighted by atomic mass is 16.5. The molecule has 7 nitrogen and oxygen atoms in total. The number of carboxylic acid groups (broad SMARTS) is 1. The van der Waals surface area contributed by atoms with E-state index in [1.54, 1.807) is 0 Å². The minimum atomic E-state index is -1.18. The lowest BCUT2D eigenvalue weighted by molar-refractivity contribution is -0.141. The molecule has 0 aliphatic rings. The van der Waals surface area contributed by atoms with E-state index < -0.39 is 30.3 Å². The van der Waals surface area contributed by atoms with Gasteiger partial charge in [0.25, 0.3) is 0 Å². The Morgan fingerprint density at radius 3 is 2.50 bits per heavy atom. The molecule has 7 heteroatoms. The molecule has 4 N–H and O–H groups in total. The summed E-state index contributed by atoms with van der Waals surface area (Å²) in [6.45, 7) is -0.317. The highest BCUT2D eigenvalue weighted by molar-refractivity contribution is 5.88. The first-order chi connectivity index (χ1) is 6.47. The SMILES string of the molecule is COC(=O)CNC(=O)[C@H](N)CC(=O)O. The Bertz CT molecular complexity index is 240. The van der Waals surface area contributed by atoms with E-state index in [1.807, 2.05) is 0 Å². The van der Waals surface area contributed by atoms with Gasteiger partial charge in [-0.25, -0.2) is 0 Å². The number of nitrogens with two attached hydrogens (primary N) is 1. The molecule has 0 heterocycles. The van der Waals surface area contributed by atoms with Gasteiger partial charge in [0.15, 0.2) is 0 Å². The molecule has 0 aliphatic heterocycles. The summed E-state index contributed by atoms with van der Waals surface area (Å²) < 4.78 is 4.25. The van der Waals surface area contributed by atoms with Crippen molar-refractivity contribution < 1.29 is 24.2 Å². The zero-order chi connectivity index (χ0) is 11.1. The number of ether oxygens (including phenoxy) is 1. The minimum absolute atomic E-state index is 0.317. The van der Waals surface area contributed by atoms with E-state index in [9.17, 15) is 14.4 Å². The Kier molecular flexibility index (Phi) is 5.23. The van der Waals surface area contributed by atoms with Crippen molar-refractivity contribution in [1.82, 2.24) is 5.32 Å². The van der Waals surface area contributed by atoms with Gasteiger partial charge in [0.1, 0.15) is 6.54 Å². The van der Waals surface area contributed by atoms with E-state index in [0.717, 1.165) is 0 Å². The van der Waals surface area contributed by atoms with E-state index in [-0.39, 0.29) is 6.54 Å². The van der Waals surface area contributed by atoms with Crippen LogP contribution in [0.4, 0.5) is 0 Å². The van der Waals surface area contributed by atoms with Crippen LogP contribution in [-0.2, 0) is 19.1 Å². The number of carboxylic acids is 1. The van der Waals surface area contributed by atoms with Crippen molar-refractivity contribution in [1.29, 1.82) is 0 Å². The van der Waals surface area contributed by atoms with Gasteiger partial charge in [0, 0.05) is 0 Å². The number of carbonyl (C=O) groups is 3. The molecule has 0 aliphatic carbocycles. The Labute approximate surface area is 80.2 Å². The smallest absolute Gasteiger partial charge is 0.325 e. The molecule has 0 spiro atoms. The second-order valence-electron chi connectivity index (χ2n) is 2.50. The first-order valence-corrected chi connectivity index (χ1v) is 3.79. The van der Waals surface area contributed by atoms with Crippen LogP contribution >= 0.6 is 0 Å². The normalized spacial score (nSPS) is 11.6. The standard InChI is InChI=1S/C7H12N2O5/c1-14-6(12)3-9-7(13)4(8)2-5(10)11/h4H,2-3,8H2,1H3,(H,9,13)(H,10,11)/t4-/m1/s1. The summed E-state index contributed by atoms with van der Waals surface area (Å²) in [4.78, 5) is 31.7. The lowest BCUT2D eigenvalue weighted by Crippen LogP contribution is -2.43. The Morgan fingerprint density at radius 2 is 2.07 bits per heavy atom. The maximum atomic E-state index is 11.0. The summed E-state index contributed by atoms with van der Waals surface area (Å²) in [6, 6.07) is -1.16. The maximum absolute atomic E-state index is 11.0. The quantitative estimate of drug-likeness (QED) is 0.449. The molecule has 1 atom stereocenters. The lowest BCUT2D eigenvalue weighted by atomic mass is 10.2. The van der Waals surface area contributed by atoms with Gasteiger partial charge in [0.2, 0.25) is 5.91 Å². The topological polar surface area (TPSA) is 119 Å². The lowest BCUT2D eigenvalue weighted by Gasteiger charge is -2.08. The van der Waals surface area contributed by atoms with Crippen LogP contribution in [0.2, 0.25) is 0 Å². The third-order valence-corrected chi connectivity index (χ3v) is 1.37. The van der Waals surface area contributed by atoms with Crippen LogP contribution < -0.4 is 11.1 Å². The van der Waals surface area contributed by atoms with E-state index >= 15 is 0 Å². The largest absolute Gasteiger partial charge is 0.481 e. The molecule has 0 aromatic carbocycles. The van der Waals surface area contributed by atoms with Crippen LogP contribution in [0, 0.1) is 0 Å². The molecule has 14 heavy (non-hydrogen) atoms. The molecule has 0 radical (unpaired) electrons. The van der Waals surface area contributed by atoms with E-state index in [0.29, 0.717) is 0 Å². The molecule has 0 fully saturated rings. The van der Waals surface area contributed by atoms with Gasteiger partial charge in [-0.3, -0.25) is 14.4 Å². The third kappa shape index (κ3) is 5.09. The molecular formula is C7H12N2O5. The molecule has 0 bridgehead atoms. The molecule has 1 amide bonds. The van der Waals surface area contributed by atoms with Gasteiger partial charge >= 0.3 is 11.9 Å². The monoisotopic (exact) mass is 204 g/mol. The summed E-state index contributed by atoms with van der Waals surface area (Å²) in [5.41, 5.74) is 5.20. The highest BCUT2D eigenvalue weighted by Gasteiger charge is 2.17. The van der Waals surface area contributed by atoms with Crippen molar-refractivity contribution in [2.75, 3.05) is 13.7 Å². The van der Waals surface area contributed by atoms with E-state index in [1.165, 1.54) is 7.11 Å². The predicted octanol–water partition coefficient (Wildman–Crippen LogP) is -1.92. The number of hydrogen-bond donors (Lipinski definition) is 3. The number of esters is 1. The zero-order valence-electron chi connectivity index (χ0n) is 7.65. The maximum Gasteiger partial charge on any atom is 0.325 e. The minimum Gasteiger partial charge on any atom is -0.481 e. The number of amides is 1. The van der Waals surface area contributed by atoms with Crippen LogP contribution in [0.25, 0.3) is 0 Å². The van der Waals surface area contributed by atoms with Crippen molar-refractivity contribution in [3.63, 3.8) is 0 Å². The number of carbonyl (C=O) groups excluding carboxylic acids is 2. The van der Waals surface area contributed by atoms with Crippen molar-refractivity contribution in [2.45, 2.75) is 12.5 Å². The van der Waals surface area contributed by atoms with Crippen molar-refractivity contribution in [2.24, 2.45) is 5.73 Å². The number of aliphatic carboxylic acids is 1. The van der Waals surface area contributed by atoms with Crippen LogP contribution in [0.1, 0.15) is 6.42 Å². The second-order valence-corrected chi connectivity index (χ2v) is 2.50. The van der Waals surface area contributed by atoms with E-state index in [4.69, 9.17) is 10.8 Å². The summed E-state index contributed by atoms with van der Waals surface area (Å²) >= 11 is 0. The zero-order valence-corrected chi connectivity index (χ0v) is 7.65. The van der Waals surface area contributed by atoms with Gasteiger partial charge in [0.05, 0.1) is 19.6 Å². The first kappa shape index (κ1) is 12.4. The molecule has 0 unspecified atom stereocenters. The van der Waals surface area contributed by atoms with Crippen molar-refractivity contribution >= 4 is 17.8 Å². The van der Waals surface area contributed by atoms with Gasteiger partial charge < -0.3 is 20.9 Å². The fraction of sp³-hybridized carbons (Fsp3) is 0.571. The van der Waals surface area contributed by atoms with E-state index in [2.05, 4.69) is 10.1 Å². The highest BCUT2D eigenvalue weighted by Crippen LogP contribution is 1.87. The van der Waals surface area contributed by atoms with Crippen LogP contribution in [-0.4, -0.2) is 42.6 Å². The Morgan fingerprint density at radius 1 is 1.50 bits per heavy atom. The van der Waals surface area contributed by atoms with Crippen molar-refractivity contribution in [3.05, 3.63) is 0 Å². The van der Waals surface area contributed by atoms with Gasteiger partial charge in [-0.15, -0.1) is 0 Å². The second kappa shape index (κ2) is 5.92. The number of hydrogen-bond acceptors (Lipinski definition) is 5. The van der Waals surface area contributed by atoms with Crippen LogP contribution in [0.15, 0.2) is 0 Å². The molecule has 0 saturated carbocycles. The van der Waals surface area contributed by atoms with Crippen molar-refractivity contribution in [3.8, 4) is 0 Å². The van der Waals surface area contributed by atoms with Gasteiger partial charge in [-0.05, 0) is 0 Å². The molecule has 0 aromatic heterocycles. The Balaban J connectivity index is 3.84. The third-order valence-electron chi connectivity index (χ3n) is 1.37. The molecule has 0 saturated heterocycles. The van der Waals surface area contributed by atoms with Crippen LogP contribution in [0.5, 0.6) is 0 Å². The summed E-state index contributed by atoms with van der Waals surface area (Å²) in [5, 5.41) is 10.4. The average molecular weight is 204 g/mol. The predicted molar refractivity (Wildman–Crippen MR) is 45.3 cm³/mol. The average Bonchev–Trinajstić information content (AvgIpc) is 2.12. The Hall–Kier alpha value is -1.63. The molecule has 0 aromatic rings. The summed E-state index contributed by atoms with van der Waals surface area (Å²) in [5.74, 6) is -2.50. The summed E-state index contributed by atoms with van der Waals surface area (Å²) in [6.07, 6.45) is -0.479.